The Morgan fingerprint density at radius 3 is 2.00 bits per heavy atom. The zero-order valence-electron chi connectivity index (χ0n) is 10.8. The van der Waals surface area contributed by atoms with Gasteiger partial charge < -0.3 is 0 Å². The van der Waals surface area contributed by atoms with Gasteiger partial charge in [-0.25, -0.2) is 8.42 Å². The average Bonchev–Trinajstić information content (AvgIpc) is 2.60. The molecule has 0 radical (unpaired) electrons. The molecular formula is C12H12N2O5S. The first-order chi connectivity index (χ1) is 9.22. The number of amides is 3. The molecule has 1 aliphatic heterocycles. The SMILES string of the molecule is CC(C(=O)NS(C)(=O)=O)N1C(=O)c2ccccc2C1=O. The van der Waals surface area contributed by atoms with Gasteiger partial charge in [0.05, 0.1) is 17.4 Å². The molecular weight excluding hydrogens is 284 g/mol. The molecule has 1 aromatic carbocycles. The van der Waals surface area contributed by atoms with Crippen molar-refractivity contribution >= 4 is 27.7 Å². The molecule has 0 saturated carbocycles. The van der Waals surface area contributed by atoms with E-state index in [9.17, 15) is 22.8 Å². The fourth-order valence-electron chi connectivity index (χ4n) is 1.94. The van der Waals surface area contributed by atoms with E-state index in [0.29, 0.717) is 0 Å². The maximum absolute atomic E-state index is 12.1. The van der Waals surface area contributed by atoms with Crippen LogP contribution in [0.3, 0.4) is 0 Å². The molecule has 0 saturated heterocycles. The van der Waals surface area contributed by atoms with Crippen molar-refractivity contribution in [1.82, 2.24) is 9.62 Å². The number of carbonyl (C=O) groups is 3. The van der Waals surface area contributed by atoms with E-state index < -0.39 is 33.8 Å². The minimum Gasteiger partial charge on any atom is -0.272 e. The van der Waals surface area contributed by atoms with Crippen LogP contribution in [-0.4, -0.2) is 43.3 Å². The second-order valence-corrected chi connectivity index (χ2v) is 6.19. The Morgan fingerprint density at radius 2 is 1.60 bits per heavy atom. The Kier molecular flexibility index (Phi) is 3.34. The van der Waals surface area contributed by atoms with Crippen LogP contribution < -0.4 is 4.72 Å². The van der Waals surface area contributed by atoms with E-state index in [-0.39, 0.29) is 11.1 Å². The number of sulfonamides is 1. The van der Waals surface area contributed by atoms with E-state index >= 15 is 0 Å². The molecule has 1 unspecified atom stereocenters. The molecule has 106 valence electrons. The van der Waals surface area contributed by atoms with Crippen molar-refractivity contribution in [2.45, 2.75) is 13.0 Å². The Balaban J connectivity index is 2.30. The maximum atomic E-state index is 12.1. The summed E-state index contributed by atoms with van der Waals surface area (Å²) < 4.78 is 23.8. The third-order valence-corrected chi connectivity index (χ3v) is 3.45. The summed E-state index contributed by atoms with van der Waals surface area (Å²) in [7, 11) is -3.75. The lowest BCUT2D eigenvalue weighted by Crippen LogP contribution is -2.49. The fourth-order valence-corrected chi connectivity index (χ4v) is 2.48. The number of rotatable bonds is 3. The number of fused-ring (bicyclic) bond motifs is 1. The number of nitrogens with one attached hydrogen (secondary N) is 1. The molecule has 1 aromatic rings. The van der Waals surface area contributed by atoms with Gasteiger partial charge in [-0.05, 0) is 19.1 Å². The quantitative estimate of drug-likeness (QED) is 0.775. The van der Waals surface area contributed by atoms with Crippen LogP contribution in [-0.2, 0) is 14.8 Å². The third-order valence-electron chi connectivity index (χ3n) is 2.88. The predicted octanol–water partition coefficient (Wildman–Crippen LogP) is -0.253. The molecule has 0 bridgehead atoms. The summed E-state index contributed by atoms with van der Waals surface area (Å²) in [4.78, 5) is 36.7. The van der Waals surface area contributed by atoms with Gasteiger partial charge in [0.15, 0.2) is 0 Å². The lowest BCUT2D eigenvalue weighted by molar-refractivity contribution is -0.122. The lowest BCUT2D eigenvalue weighted by atomic mass is 10.1. The average molecular weight is 296 g/mol. The number of benzene rings is 1. The van der Waals surface area contributed by atoms with Gasteiger partial charge in [0.1, 0.15) is 6.04 Å². The van der Waals surface area contributed by atoms with Gasteiger partial charge in [0, 0.05) is 0 Å². The van der Waals surface area contributed by atoms with Crippen molar-refractivity contribution in [2.24, 2.45) is 0 Å². The molecule has 0 spiro atoms. The summed E-state index contributed by atoms with van der Waals surface area (Å²) in [6, 6.07) is 4.97. The minimum atomic E-state index is -3.75. The highest BCUT2D eigenvalue weighted by Crippen LogP contribution is 2.24. The second kappa shape index (κ2) is 4.71. The molecule has 7 nitrogen and oxygen atoms in total. The van der Waals surface area contributed by atoms with Crippen molar-refractivity contribution in [3.05, 3.63) is 35.4 Å². The molecule has 0 aromatic heterocycles. The van der Waals surface area contributed by atoms with E-state index in [4.69, 9.17) is 0 Å². The van der Waals surface area contributed by atoms with Crippen LogP contribution in [0.1, 0.15) is 27.6 Å². The smallest absolute Gasteiger partial charge is 0.262 e. The van der Waals surface area contributed by atoms with Crippen LogP contribution in [0, 0.1) is 0 Å². The molecule has 1 heterocycles. The van der Waals surface area contributed by atoms with E-state index in [2.05, 4.69) is 0 Å². The number of carbonyl (C=O) groups excluding carboxylic acids is 3. The van der Waals surface area contributed by atoms with E-state index in [1.54, 1.807) is 16.9 Å². The summed E-state index contributed by atoms with van der Waals surface area (Å²) >= 11 is 0. The van der Waals surface area contributed by atoms with E-state index in [1.807, 2.05) is 0 Å². The van der Waals surface area contributed by atoms with Crippen molar-refractivity contribution in [2.75, 3.05) is 6.26 Å². The zero-order valence-corrected chi connectivity index (χ0v) is 11.6. The van der Waals surface area contributed by atoms with Crippen molar-refractivity contribution in [1.29, 1.82) is 0 Å². The van der Waals surface area contributed by atoms with Gasteiger partial charge in [-0.2, -0.15) is 0 Å². The molecule has 1 aliphatic rings. The molecule has 0 aliphatic carbocycles. The summed E-state index contributed by atoms with van der Waals surface area (Å²) in [5, 5.41) is 0. The highest BCUT2D eigenvalue weighted by molar-refractivity contribution is 7.89. The van der Waals surface area contributed by atoms with Gasteiger partial charge in [-0.3, -0.25) is 24.0 Å². The van der Waals surface area contributed by atoms with Crippen LogP contribution in [0.4, 0.5) is 0 Å². The number of hydrogen-bond acceptors (Lipinski definition) is 5. The van der Waals surface area contributed by atoms with Gasteiger partial charge in [-0.1, -0.05) is 12.1 Å². The first-order valence-electron chi connectivity index (χ1n) is 5.71. The van der Waals surface area contributed by atoms with Crippen LogP contribution in [0.5, 0.6) is 0 Å². The molecule has 1 atom stereocenters. The van der Waals surface area contributed by atoms with E-state index in [1.165, 1.54) is 19.1 Å². The highest BCUT2D eigenvalue weighted by Gasteiger charge is 2.40. The number of nitrogens with zero attached hydrogens (tertiary/aromatic N) is 1. The van der Waals surface area contributed by atoms with Gasteiger partial charge in [0.2, 0.25) is 10.0 Å². The first-order valence-corrected chi connectivity index (χ1v) is 7.60. The Labute approximate surface area is 115 Å². The Morgan fingerprint density at radius 1 is 1.15 bits per heavy atom. The van der Waals surface area contributed by atoms with Crippen molar-refractivity contribution in [3.8, 4) is 0 Å². The third kappa shape index (κ3) is 2.42. The minimum absolute atomic E-state index is 0.205. The normalized spacial score (nSPS) is 16.0. The lowest BCUT2D eigenvalue weighted by Gasteiger charge is -2.21. The fraction of sp³-hybridized carbons (Fsp3) is 0.250. The maximum Gasteiger partial charge on any atom is 0.262 e. The topological polar surface area (TPSA) is 101 Å². The van der Waals surface area contributed by atoms with Crippen molar-refractivity contribution in [3.63, 3.8) is 0 Å². The number of imide groups is 1. The van der Waals surface area contributed by atoms with Crippen LogP contribution in [0.25, 0.3) is 0 Å². The largest absolute Gasteiger partial charge is 0.272 e. The summed E-state index contributed by atoms with van der Waals surface area (Å²) in [5.74, 6) is -2.15. The van der Waals surface area contributed by atoms with Crippen LogP contribution in [0.2, 0.25) is 0 Å². The molecule has 20 heavy (non-hydrogen) atoms. The number of hydrogen-bond donors (Lipinski definition) is 1. The summed E-state index contributed by atoms with van der Waals surface area (Å²) in [6.45, 7) is 1.29. The zero-order chi connectivity index (χ0) is 15.1. The molecule has 1 N–H and O–H groups in total. The second-order valence-electron chi connectivity index (χ2n) is 4.44. The molecule has 0 fully saturated rings. The van der Waals surface area contributed by atoms with E-state index in [0.717, 1.165) is 11.2 Å². The summed E-state index contributed by atoms with van der Waals surface area (Å²) in [5.41, 5.74) is 0.410. The Hall–Kier alpha value is -2.22. The standard InChI is InChI=1S/C12H12N2O5S/c1-7(10(15)13-20(2,18)19)14-11(16)8-5-3-4-6-9(8)12(14)17/h3-7H,1-2H3,(H,13,15). The van der Waals surface area contributed by atoms with Crippen molar-refractivity contribution < 1.29 is 22.8 Å². The highest BCUT2D eigenvalue weighted by atomic mass is 32.2. The molecule has 2 rings (SSSR count). The van der Waals surface area contributed by atoms with Gasteiger partial charge in [-0.15, -0.1) is 0 Å². The summed E-state index contributed by atoms with van der Waals surface area (Å²) in [6.07, 6.45) is 0.819. The Bertz CT molecular complexity index is 675. The molecule has 3 amide bonds. The monoisotopic (exact) mass is 296 g/mol. The van der Waals surface area contributed by atoms with Crippen LogP contribution in [0.15, 0.2) is 24.3 Å². The van der Waals surface area contributed by atoms with Gasteiger partial charge in [0.25, 0.3) is 17.7 Å². The molecule has 8 heteroatoms. The van der Waals surface area contributed by atoms with Gasteiger partial charge >= 0.3 is 0 Å². The first kappa shape index (κ1) is 14.2. The van der Waals surface area contributed by atoms with Crippen LogP contribution >= 0.6 is 0 Å². The predicted molar refractivity (Wildman–Crippen MR) is 69.4 cm³/mol.